The second-order valence-electron chi connectivity index (χ2n) is 5.07. The molecule has 1 aromatic rings. The fourth-order valence-electron chi connectivity index (χ4n) is 2.96. The van der Waals surface area contributed by atoms with Crippen LogP contribution in [0, 0.1) is 18.8 Å². The van der Waals surface area contributed by atoms with Gasteiger partial charge in [-0.05, 0) is 43.9 Å². The molecule has 0 bridgehead atoms. The minimum Gasteiger partial charge on any atom is -0.313 e. The molecule has 0 amide bonds. The second-order valence-corrected chi connectivity index (χ2v) is 5.07. The molecule has 2 nitrogen and oxygen atoms in total. The summed E-state index contributed by atoms with van der Waals surface area (Å²) in [5.41, 5.74) is 2.44. The molecule has 1 heterocycles. The Balaban J connectivity index is 2.18. The lowest BCUT2D eigenvalue weighted by Gasteiger charge is -2.26. The van der Waals surface area contributed by atoms with Crippen molar-refractivity contribution in [3.05, 3.63) is 29.6 Å². The fraction of sp³-hybridized carbons (Fsp3) is 0.643. The van der Waals surface area contributed by atoms with E-state index in [0.717, 1.165) is 17.5 Å². The molecule has 0 aliphatic heterocycles. The maximum absolute atomic E-state index is 4.40. The van der Waals surface area contributed by atoms with E-state index in [-0.39, 0.29) is 0 Å². The van der Waals surface area contributed by atoms with Gasteiger partial charge in [0.15, 0.2) is 0 Å². The number of nitrogens with one attached hydrogen (secondary N) is 1. The number of hydrogen-bond donors (Lipinski definition) is 1. The zero-order valence-electron chi connectivity index (χ0n) is 10.5. The molecule has 1 N–H and O–H groups in total. The zero-order chi connectivity index (χ0) is 11.5. The Labute approximate surface area is 98.5 Å². The van der Waals surface area contributed by atoms with Crippen molar-refractivity contribution < 1.29 is 0 Å². The van der Waals surface area contributed by atoms with E-state index < -0.39 is 0 Å². The highest BCUT2D eigenvalue weighted by Gasteiger charge is 2.30. The molecule has 88 valence electrons. The van der Waals surface area contributed by atoms with Crippen molar-refractivity contribution in [2.24, 2.45) is 11.8 Å². The first-order valence-electron chi connectivity index (χ1n) is 6.32. The van der Waals surface area contributed by atoms with Gasteiger partial charge >= 0.3 is 0 Å². The molecule has 2 heteroatoms. The normalized spacial score (nSPS) is 26.9. The Hall–Kier alpha value is -0.890. The predicted molar refractivity (Wildman–Crippen MR) is 67.3 cm³/mol. The zero-order valence-corrected chi connectivity index (χ0v) is 10.5. The molecule has 0 radical (unpaired) electrons. The van der Waals surface area contributed by atoms with Crippen molar-refractivity contribution in [2.45, 2.75) is 39.2 Å². The van der Waals surface area contributed by atoms with E-state index >= 15 is 0 Å². The minimum atomic E-state index is 0.477. The molecular formula is C14H22N2. The van der Waals surface area contributed by atoms with E-state index in [1.54, 1.807) is 0 Å². The van der Waals surface area contributed by atoms with Gasteiger partial charge in [0.1, 0.15) is 0 Å². The van der Waals surface area contributed by atoms with Gasteiger partial charge in [-0.2, -0.15) is 0 Å². The minimum absolute atomic E-state index is 0.477. The smallest absolute Gasteiger partial charge is 0.0372 e. The quantitative estimate of drug-likeness (QED) is 0.843. The SMILES string of the molecule is CNC(c1ccc(C)nc1)C1CCCC1C. The highest BCUT2D eigenvalue weighted by molar-refractivity contribution is 5.18. The van der Waals surface area contributed by atoms with Crippen molar-refractivity contribution in [2.75, 3.05) is 7.05 Å². The summed E-state index contributed by atoms with van der Waals surface area (Å²) in [4.78, 5) is 4.40. The van der Waals surface area contributed by atoms with Crippen molar-refractivity contribution >= 4 is 0 Å². The molecule has 3 atom stereocenters. The van der Waals surface area contributed by atoms with E-state index in [1.807, 2.05) is 13.1 Å². The second kappa shape index (κ2) is 4.96. The van der Waals surface area contributed by atoms with Crippen molar-refractivity contribution in [3.8, 4) is 0 Å². The van der Waals surface area contributed by atoms with Gasteiger partial charge in [-0.25, -0.2) is 0 Å². The Morgan fingerprint density at radius 1 is 1.38 bits per heavy atom. The van der Waals surface area contributed by atoms with Crippen LogP contribution < -0.4 is 5.32 Å². The van der Waals surface area contributed by atoms with Crippen molar-refractivity contribution in [3.63, 3.8) is 0 Å². The van der Waals surface area contributed by atoms with Crippen LogP contribution in [0.5, 0.6) is 0 Å². The number of aromatic nitrogens is 1. The molecule has 1 aromatic heterocycles. The van der Waals surface area contributed by atoms with Crippen LogP contribution in [-0.4, -0.2) is 12.0 Å². The number of pyridine rings is 1. The van der Waals surface area contributed by atoms with Crippen LogP contribution in [0.3, 0.4) is 0 Å². The Kier molecular flexibility index (Phi) is 3.59. The van der Waals surface area contributed by atoms with Gasteiger partial charge in [0, 0.05) is 17.9 Å². The predicted octanol–water partition coefficient (Wildman–Crippen LogP) is 3.09. The topological polar surface area (TPSA) is 24.9 Å². The van der Waals surface area contributed by atoms with E-state index in [9.17, 15) is 0 Å². The van der Waals surface area contributed by atoms with Crippen LogP contribution in [-0.2, 0) is 0 Å². The van der Waals surface area contributed by atoms with Crippen molar-refractivity contribution in [1.82, 2.24) is 10.3 Å². The Morgan fingerprint density at radius 3 is 2.69 bits per heavy atom. The maximum Gasteiger partial charge on any atom is 0.0372 e. The van der Waals surface area contributed by atoms with Gasteiger partial charge < -0.3 is 5.32 Å². The number of hydrogen-bond acceptors (Lipinski definition) is 2. The molecule has 0 spiro atoms. The summed E-state index contributed by atoms with van der Waals surface area (Å²) in [5, 5.41) is 3.47. The van der Waals surface area contributed by atoms with Crippen LogP contribution >= 0.6 is 0 Å². The first-order chi connectivity index (χ1) is 7.72. The van der Waals surface area contributed by atoms with Crippen molar-refractivity contribution in [1.29, 1.82) is 0 Å². The van der Waals surface area contributed by atoms with Crippen LogP contribution in [0.15, 0.2) is 18.3 Å². The van der Waals surface area contributed by atoms with Crippen LogP contribution in [0.1, 0.15) is 43.5 Å². The first kappa shape index (κ1) is 11.6. The highest BCUT2D eigenvalue weighted by Crippen LogP contribution is 2.39. The molecule has 2 rings (SSSR count). The first-order valence-corrected chi connectivity index (χ1v) is 6.32. The lowest BCUT2D eigenvalue weighted by Crippen LogP contribution is -2.27. The standard InChI is InChI=1S/C14H22N2/c1-10-5-4-6-13(10)14(15-3)12-8-7-11(2)16-9-12/h7-10,13-15H,4-6H2,1-3H3. The van der Waals surface area contributed by atoms with Crippen LogP contribution in [0.25, 0.3) is 0 Å². The maximum atomic E-state index is 4.40. The summed E-state index contributed by atoms with van der Waals surface area (Å²) in [6, 6.07) is 4.80. The molecule has 0 aromatic carbocycles. The van der Waals surface area contributed by atoms with Gasteiger partial charge in [-0.1, -0.05) is 25.8 Å². The highest BCUT2D eigenvalue weighted by atomic mass is 14.9. The average molecular weight is 218 g/mol. The third-order valence-corrected chi connectivity index (χ3v) is 3.96. The van der Waals surface area contributed by atoms with Gasteiger partial charge in [0.05, 0.1) is 0 Å². The molecule has 16 heavy (non-hydrogen) atoms. The third-order valence-electron chi connectivity index (χ3n) is 3.96. The lowest BCUT2D eigenvalue weighted by atomic mass is 9.86. The molecule has 1 fully saturated rings. The lowest BCUT2D eigenvalue weighted by molar-refractivity contribution is 0.315. The molecule has 1 aliphatic carbocycles. The summed E-state index contributed by atoms with van der Waals surface area (Å²) in [6.45, 7) is 4.42. The largest absolute Gasteiger partial charge is 0.313 e. The number of aryl methyl sites for hydroxylation is 1. The van der Waals surface area contributed by atoms with E-state index in [1.165, 1.54) is 24.8 Å². The number of nitrogens with zero attached hydrogens (tertiary/aromatic N) is 1. The third kappa shape index (κ3) is 2.27. The summed E-state index contributed by atoms with van der Waals surface area (Å²) < 4.78 is 0. The summed E-state index contributed by atoms with van der Waals surface area (Å²) in [7, 11) is 2.07. The van der Waals surface area contributed by atoms with Crippen LogP contribution in [0.2, 0.25) is 0 Å². The van der Waals surface area contributed by atoms with E-state index in [4.69, 9.17) is 0 Å². The molecule has 1 saturated carbocycles. The van der Waals surface area contributed by atoms with Gasteiger partial charge in [0.25, 0.3) is 0 Å². The fourth-order valence-corrected chi connectivity index (χ4v) is 2.96. The average Bonchev–Trinajstić information content (AvgIpc) is 2.69. The summed E-state index contributed by atoms with van der Waals surface area (Å²) >= 11 is 0. The van der Waals surface area contributed by atoms with Gasteiger partial charge in [-0.15, -0.1) is 0 Å². The van der Waals surface area contributed by atoms with E-state index in [0.29, 0.717) is 6.04 Å². The molecule has 0 saturated heterocycles. The number of rotatable bonds is 3. The summed E-state index contributed by atoms with van der Waals surface area (Å²) in [6.07, 6.45) is 6.13. The van der Waals surface area contributed by atoms with Crippen LogP contribution in [0.4, 0.5) is 0 Å². The molecule has 1 aliphatic rings. The van der Waals surface area contributed by atoms with E-state index in [2.05, 4.69) is 36.4 Å². The molecule has 3 unspecified atom stereocenters. The monoisotopic (exact) mass is 218 g/mol. The van der Waals surface area contributed by atoms with Gasteiger partial charge in [-0.3, -0.25) is 4.98 Å². The summed E-state index contributed by atoms with van der Waals surface area (Å²) in [5.74, 6) is 1.60. The Bertz CT molecular complexity index is 331. The Morgan fingerprint density at radius 2 is 2.19 bits per heavy atom. The molecular weight excluding hydrogens is 196 g/mol. The van der Waals surface area contributed by atoms with Gasteiger partial charge in [0.2, 0.25) is 0 Å².